The SMILES string of the molecule is Cc1[nH]c2ccccc2c1-c1[nH]c(=O)n(-c2c[nH]c3ccccc23)c1C#N. The van der Waals surface area contributed by atoms with E-state index in [9.17, 15) is 10.1 Å². The monoisotopic (exact) mass is 353 g/mol. The lowest BCUT2D eigenvalue weighted by atomic mass is 10.1. The van der Waals surface area contributed by atoms with E-state index >= 15 is 0 Å². The second-order valence-corrected chi connectivity index (χ2v) is 6.49. The third-order valence-corrected chi connectivity index (χ3v) is 4.95. The molecule has 0 saturated carbocycles. The van der Waals surface area contributed by atoms with Gasteiger partial charge in [-0.2, -0.15) is 5.26 Å². The summed E-state index contributed by atoms with van der Waals surface area (Å²) in [5.41, 5.74) is 4.77. The van der Waals surface area contributed by atoms with E-state index in [1.807, 2.05) is 55.5 Å². The Morgan fingerprint density at radius 3 is 2.44 bits per heavy atom. The minimum Gasteiger partial charge on any atom is -0.359 e. The van der Waals surface area contributed by atoms with Crippen LogP contribution in [0.25, 0.3) is 38.8 Å². The Morgan fingerprint density at radius 2 is 1.67 bits per heavy atom. The second kappa shape index (κ2) is 5.51. The first kappa shape index (κ1) is 15.3. The Labute approximate surface area is 153 Å². The average molecular weight is 353 g/mol. The molecule has 0 atom stereocenters. The van der Waals surface area contributed by atoms with Gasteiger partial charge >= 0.3 is 5.69 Å². The van der Waals surface area contributed by atoms with Gasteiger partial charge in [0.15, 0.2) is 5.69 Å². The number of nitriles is 1. The maximum atomic E-state index is 12.8. The summed E-state index contributed by atoms with van der Waals surface area (Å²) in [5, 5.41) is 11.8. The van der Waals surface area contributed by atoms with E-state index in [0.29, 0.717) is 11.4 Å². The number of nitrogens with zero attached hydrogens (tertiary/aromatic N) is 2. The number of aromatic amines is 3. The molecule has 27 heavy (non-hydrogen) atoms. The van der Waals surface area contributed by atoms with Crippen molar-refractivity contribution < 1.29 is 0 Å². The molecule has 6 nitrogen and oxygen atoms in total. The Morgan fingerprint density at radius 1 is 0.963 bits per heavy atom. The zero-order valence-corrected chi connectivity index (χ0v) is 14.5. The molecule has 0 spiro atoms. The van der Waals surface area contributed by atoms with Gasteiger partial charge in [-0.25, -0.2) is 9.36 Å². The Hall–Kier alpha value is -3.98. The van der Waals surface area contributed by atoms with Gasteiger partial charge in [0.1, 0.15) is 6.07 Å². The number of aromatic nitrogens is 4. The fraction of sp³-hybridized carbons (Fsp3) is 0.0476. The van der Waals surface area contributed by atoms with Crippen molar-refractivity contribution in [3.63, 3.8) is 0 Å². The normalized spacial score (nSPS) is 11.3. The number of imidazole rings is 1. The number of para-hydroxylation sites is 2. The molecular weight excluding hydrogens is 338 g/mol. The minimum atomic E-state index is -0.337. The number of fused-ring (bicyclic) bond motifs is 2. The highest BCUT2D eigenvalue weighted by molar-refractivity contribution is 5.98. The van der Waals surface area contributed by atoms with Crippen molar-refractivity contribution >= 4 is 21.8 Å². The van der Waals surface area contributed by atoms with Crippen molar-refractivity contribution in [2.24, 2.45) is 0 Å². The Bertz CT molecular complexity index is 1420. The number of aryl methyl sites for hydroxylation is 1. The molecule has 0 aliphatic rings. The highest BCUT2D eigenvalue weighted by atomic mass is 16.1. The molecule has 130 valence electrons. The number of H-pyrrole nitrogens is 3. The number of nitrogens with one attached hydrogen (secondary N) is 3. The number of hydrogen-bond donors (Lipinski definition) is 3. The fourth-order valence-corrected chi connectivity index (χ4v) is 3.79. The third-order valence-electron chi connectivity index (χ3n) is 4.95. The summed E-state index contributed by atoms with van der Waals surface area (Å²) in [7, 11) is 0. The lowest BCUT2D eigenvalue weighted by molar-refractivity contribution is 0.979. The predicted molar refractivity (Wildman–Crippen MR) is 105 cm³/mol. The molecule has 0 fully saturated rings. The largest absolute Gasteiger partial charge is 0.359 e. The molecule has 0 unspecified atom stereocenters. The summed E-state index contributed by atoms with van der Waals surface area (Å²) in [6.45, 7) is 1.94. The molecular formula is C21H15N5O. The van der Waals surface area contributed by atoms with Crippen molar-refractivity contribution in [2.75, 3.05) is 0 Å². The van der Waals surface area contributed by atoms with Crippen molar-refractivity contribution in [3.05, 3.63) is 76.6 Å². The van der Waals surface area contributed by atoms with E-state index in [0.717, 1.165) is 33.1 Å². The van der Waals surface area contributed by atoms with Crippen LogP contribution in [0.2, 0.25) is 0 Å². The molecule has 0 amide bonds. The van der Waals surface area contributed by atoms with E-state index in [2.05, 4.69) is 21.0 Å². The van der Waals surface area contributed by atoms with Crippen LogP contribution in [0.5, 0.6) is 0 Å². The highest BCUT2D eigenvalue weighted by Gasteiger charge is 2.22. The van der Waals surface area contributed by atoms with Gasteiger partial charge in [0.2, 0.25) is 0 Å². The summed E-state index contributed by atoms with van der Waals surface area (Å²) < 4.78 is 1.44. The Kier molecular flexibility index (Phi) is 3.12. The van der Waals surface area contributed by atoms with Crippen LogP contribution in [-0.2, 0) is 0 Å². The molecule has 3 N–H and O–H groups in total. The first-order valence-electron chi connectivity index (χ1n) is 8.58. The first-order chi connectivity index (χ1) is 13.2. The zero-order valence-electron chi connectivity index (χ0n) is 14.5. The predicted octanol–water partition coefficient (Wildman–Crippen LogP) is 3.98. The van der Waals surface area contributed by atoms with Crippen molar-refractivity contribution in [1.82, 2.24) is 19.5 Å². The lowest BCUT2D eigenvalue weighted by Gasteiger charge is -2.03. The van der Waals surface area contributed by atoms with Gasteiger partial charge in [-0.05, 0) is 19.1 Å². The van der Waals surface area contributed by atoms with E-state index in [-0.39, 0.29) is 11.4 Å². The molecule has 2 aromatic carbocycles. The van der Waals surface area contributed by atoms with Gasteiger partial charge < -0.3 is 15.0 Å². The van der Waals surface area contributed by atoms with Gasteiger partial charge in [0.05, 0.1) is 11.4 Å². The van der Waals surface area contributed by atoms with E-state index in [4.69, 9.17) is 0 Å². The molecule has 0 radical (unpaired) electrons. The van der Waals surface area contributed by atoms with Crippen molar-refractivity contribution in [2.45, 2.75) is 6.92 Å². The maximum Gasteiger partial charge on any atom is 0.331 e. The van der Waals surface area contributed by atoms with Crippen LogP contribution in [0.15, 0.2) is 59.5 Å². The van der Waals surface area contributed by atoms with Crippen molar-refractivity contribution in [3.8, 4) is 23.0 Å². The first-order valence-corrected chi connectivity index (χ1v) is 8.58. The fourth-order valence-electron chi connectivity index (χ4n) is 3.79. The van der Waals surface area contributed by atoms with Crippen LogP contribution in [0, 0.1) is 18.3 Å². The van der Waals surface area contributed by atoms with Crippen LogP contribution in [-0.4, -0.2) is 19.5 Å². The van der Waals surface area contributed by atoms with Gasteiger partial charge in [0.25, 0.3) is 0 Å². The summed E-state index contributed by atoms with van der Waals surface area (Å²) >= 11 is 0. The summed E-state index contributed by atoms with van der Waals surface area (Å²) in [6.07, 6.45) is 1.76. The minimum absolute atomic E-state index is 0.289. The second-order valence-electron chi connectivity index (χ2n) is 6.49. The van der Waals surface area contributed by atoms with Crippen LogP contribution in [0.1, 0.15) is 11.4 Å². The van der Waals surface area contributed by atoms with Gasteiger partial charge in [-0.15, -0.1) is 0 Å². The zero-order chi connectivity index (χ0) is 18.5. The number of rotatable bonds is 2. The van der Waals surface area contributed by atoms with Crippen LogP contribution < -0.4 is 5.69 Å². The molecule has 3 heterocycles. The number of benzene rings is 2. The average Bonchev–Trinajstić information content (AvgIpc) is 3.33. The summed E-state index contributed by atoms with van der Waals surface area (Å²) in [6, 6.07) is 17.8. The molecule has 0 saturated heterocycles. The maximum absolute atomic E-state index is 12.8. The van der Waals surface area contributed by atoms with Gasteiger partial charge in [0, 0.05) is 39.3 Å². The van der Waals surface area contributed by atoms with Gasteiger partial charge in [-0.3, -0.25) is 0 Å². The molecule has 0 aliphatic carbocycles. The summed E-state index contributed by atoms with van der Waals surface area (Å²) in [4.78, 5) is 22.2. The lowest BCUT2D eigenvalue weighted by Crippen LogP contribution is -2.15. The van der Waals surface area contributed by atoms with Crippen LogP contribution in [0.4, 0.5) is 0 Å². The molecule has 5 rings (SSSR count). The quantitative estimate of drug-likeness (QED) is 0.448. The van der Waals surface area contributed by atoms with E-state index in [1.165, 1.54) is 4.57 Å². The molecule has 5 aromatic rings. The smallest absolute Gasteiger partial charge is 0.331 e. The number of hydrogen-bond acceptors (Lipinski definition) is 2. The van der Waals surface area contributed by atoms with E-state index < -0.39 is 0 Å². The molecule has 0 bridgehead atoms. The molecule has 3 aromatic heterocycles. The van der Waals surface area contributed by atoms with Crippen LogP contribution >= 0.6 is 0 Å². The van der Waals surface area contributed by atoms with Crippen molar-refractivity contribution in [1.29, 1.82) is 5.26 Å². The van der Waals surface area contributed by atoms with Crippen LogP contribution in [0.3, 0.4) is 0 Å². The topological polar surface area (TPSA) is 93.2 Å². The summed E-state index contributed by atoms with van der Waals surface area (Å²) in [5.74, 6) is 0. The van der Waals surface area contributed by atoms with E-state index in [1.54, 1.807) is 6.20 Å². The van der Waals surface area contributed by atoms with Gasteiger partial charge in [-0.1, -0.05) is 36.4 Å². The highest BCUT2D eigenvalue weighted by Crippen LogP contribution is 2.33. The third kappa shape index (κ3) is 2.09. The Balaban J connectivity index is 1.85. The molecule has 6 heteroatoms. The standard InChI is InChI=1S/C21H15N5O/c1-12-19(14-7-3-5-9-16(14)24-12)20-17(10-22)26(21(27)25-20)18-11-23-15-8-4-2-6-13(15)18/h2-9,11,23-24H,1H3,(H,25,27). The molecule has 0 aliphatic heterocycles.